The van der Waals surface area contributed by atoms with E-state index in [4.69, 9.17) is 27.9 Å². The lowest BCUT2D eigenvalue weighted by Gasteiger charge is -2.10. The molecular formula is C12H6Cl2F3NO. The second-order valence-corrected chi connectivity index (χ2v) is 4.27. The van der Waals surface area contributed by atoms with Gasteiger partial charge in [-0.15, -0.1) is 0 Å². The number of hydrogen-bond acceptors (Lipinski definition) is 2. The van der Waals surface area contributed by atoms with E-state index in [0.717, 1.165) is 12.1 Å². The van der Waals surface area contributed by atoms with E-state index in [-0.39, 0.29) is 21.7 Å². The number of alkyl halides is 3. The molecule has 1 heterocycles. The highest BCUT2D eigenvalue weighted by Gasteiger charge is 2.30. The molecule has 2 rings (SSSR count). The fourth-order valence-electron chi connectivity index (χ4n) is 1.32. The third kappa shape index (κ3) is 3.30. The summed E-state index contributed by atoms with van der Waals surface area (Å²) in [7, 11) is 0. The van der Waals surface area contributed by atoms with Crippen molar-refractivity contribution in [2.45, 2.75) is 6.18 Å². The van der Waals surface area contributed by atoms with E-state index in [2.05, 4.69) is 4.98 Å². The molecule has 0 bridgehead atoms. The predicted molar refractivity (Wildman–Crippen MR) is 65.8 cm³/mol. The first-order valence-corrected chi connectivity index (χ1v) is 5.78. The van der Waals surface area contributed by atoms with Crippen molar-refractivity contribution in [1.82, 2.24) is 4.98 Å². The lowest BCUT2D eigenvalue weighted by atomic mass is 10.2. The summed E-state index contributed by atoms with van der Waals surface area (Å²) in [6.07, 6.45) is -3.00. The van der Waals surface area contributed by atoms with Gasteiger partial charge in [0.1, 0.15) is 10.8 Å². The Hall–Kier alpha value is -1.46. The Morgan fingerprint density at radius 3 is 2.21 bits per heavy atom. The molecule has 0 spiro atoms. The summed E-state index contributed by atoms with van der Waals surface area (Å²) in [6, 6.07) is 5.71. The van der Waals surface area contributed by atoms with Crippen molar-refractivity contribution in [3.8, 4) is 11.5 Å². The van der Waals surface area contributed by atoms with Gasteiger partial charge in [0, 0.05) is 12.3 Å². The molecule has 19 heavy (non-hydrogen) atoms. The number of ether oxygens (including phenoxy) is 1. The first-order chi connectivity index (χ1) is 8.88. The van der Waals surface area contributed by atoms with Gasteiger partial charge in [-0.2, -0.15) is 13.2 Å². The molecule has 1 aromatic carbocycles. The van der Waals surface area contributed by atoms with Crippen LogP contribution in [0.25, 0.3) is 0 Å². The number of halogens is 5. The largest absolute Gasteiger partial charge is 0.456 e. The average Bonchev–Trinajstić information content (AvgIpc) is 2.35. The third-order valence-electron chi connectivity index (χ3n) is 2.22. The predicted octanol–water partition coefficient (Wildman–Crippen LogP) is 5.20. The van der Waals surface area contributed by atoms with Crippen LogP contribution in [0.15, 0.2) is 36.5 Å². The van der Waals surface area contributed by atoms with Gasteiger partial charge in [-0.1, -0.05) is 23.2 Å². The monoisotopic (exact) mass is 307 g/mol. The Balaban J connectivity index is 2.23. The van der Waals surface area contributed by atoms with Gasteiger partial charge >= 0.3 is 6.18 Å². The first kappa shape index (κ1) is 14.0. The number of nitrogens with zero attached hydrogens (tertiary/aromatic N) is 1. The van der Waals surface area contributed by atoms with E-state index in [1.165, 1.54) is 24.4 Å². The zero-order chi connectivity index (χ0) is 14.0. The molecule has 0 N–H and O–H groups in total. The Morgan fingerprint density at radius 2 is 1.63 bits per heavy atom. The van der Waals surface area contributed by atoms with E-state index in [1.807, 2.05) is 0 Å². The van der Waals surface area contributed by atoms with Gasteiger partial charge in [-0.05, 0) is 24.3 Å². The normalized spacial score (nSPS) is 11.4. The quantitative estimate of drug-likeness (QED) is 0.711. The van der Waals surface area contributed by atoms with Gasteiger partial charge < -0.3 is 4.74 Å². The molecule has 0 saturated carbocycles. The van der Waals surface area contributed by atoms with Crippen LogP contribution in [0.2, 0.25) is 10.2 Å². The van der Waals surface area contributed by atoms with E-state index < -0.39 is 11.7 Å². The summed E-state index contributed by atoms with van der Waals surface area (Å²) in [5, 5.41) is 0.162. The Morgan fingerprint density at radius 1 is 1.00 bits per heavy atom. The van der Waals surface area contributed by atoms with Crippen LogP contribution < -0.4 is 4.74 Å². The van der Waals surface area contributed by atoms with E-state index in [9.17, 15) is 13.2 Å². The minimum Gasteiger partial charge on any atom is -0.456 e. The van der Waals surface area contributed by atoms with E-state index >= 15 is 0 Å². The van der Waals surface area contributed by atoms with E-state index in [1.54, 1.807) is 0 Å². The van der Waals surface area contributed by atoms with Crippen LogP contribution in [0.5, 0.6) is 11.5 Å². The molecule has 0 radical (unpaired) electrons. The summed E-state index contributed by atoms with van der Waals surface area (Å²) in [5.41, 5.74) is -0.751. The van der Waals surface area contributed by atoms with Gasteiger partial charge in [0.25, 0.3) is 0 Å². The van der Waals surface area contributed by atoms with E-state index in [0.29, 0.717) is 0 Å². The van der Waals surface area contributed by atoms with Crippen LogP contribution in [-0.2, 0) is 6.18 Å². The van der Waals surface area contributed by atoms with Gasteiger partial charge in [0.15, 0.2) is 10.9 Å². The molecule has 2 aromatic rings. The highest BCUT2D eigenvalue weighted by atomic mass is 35.5. The van der Waals surface area contributed by atoms with Crippen molar-refractivity contribution in [2.75, 3.05) is 0 Å². The summed E-state index contributed by atoms with van der Waals surface area (Å²) in [5.74, 6) is 0.443. The van der Waals surface area contributed by atoms with Gasteiger partial charge in [-0.25, -0.2) is 4.98 Å². The van der Waals surface area contributed by atoms with Gasteiger partial charge in [0.2, 0.25) is 0 Å². The first-order valence-electron chi connectivity index (χ1n) is 5.03. The molecule has 0 aliphatic carbocycles. The molecule has 7 heteroatoms. The van der Waals surface area contributed by atoms with Gasteiger partial charge in [-0.3, -0.25) is 0 Å². The Labute approximate surface area is 116 Å². The number of rotatable bonds is 2. The number of benzene rings is 1. The molecule has 0 aliphatic heterocycles. The molecule has 0 unspecified atom stereocenters. The van der Waals surface area contributed by atoms with Crippen molar-refractivity contribution in [3.63, 3.8) is 0 Å². The van der Waals surface area contributed by atoms with Crippen LogP contribution in [0.4, 0.5) is 13.2 Å². The minimum absolute atomic E-state index is 0.0612. The third-order valence-corrected chi connectivity index (χ3v) is 2.97. The number of aromatic nitrogens is 1. The standard InChI is InChI=1S/C12H6Cl2F3NO/c13-10-9(5-6-18-11(10)14)19-8-3-1-7(2-4-8)12(15,16)17/h1-6H. The van der Waals surface area contributed by atoms with Crippen molar-refractivity contribution in [1.29, 1.82) is 0 Å². The maximum atomic E-state index is 12.4. The van der Waals surface area contributed by atoms with Crippen LogP contribution in [0.1, 0.15) is 5.56 Å². The highest BCUT2D eigenvalue weighted by molar-refractivity contribution is 6.42. The lowest BCUT2D eigenvalue weighted by Crippen LogP contribution is -2.04. The number of hydrogen-bond donors (Lipinski definition) is 0. The fourth-order valence-corrected chi connectivity index (χ4v) is 1.62. The summed E-state index contributed by atoms with van der Waals surface area (Å²) < 4.78 is 42.5. The highest BCUT2D eigenvalue weighted by Crippen LogP contribution is 2.35. The van der Waals surface area contributed by atoms with Crippen molar-refractivity contribution >= 4 is 23.2 Å². The van der Waals surface area contributed by atoms with Crippen molar-refractivity contribution < 1.29 is 17.9 Å². The molecular weight excluding hydrogens is 302 g/mol. The zero-order valence-corrected chi connectivity index (χ0v) is 10.7. The molecule has 0 atom stereocenters. The Bertz CT molecular complexity index is 585. The molecule has 0 amide bonds. The van der Waals surface area contributed by atoms with Crippen LogP contribution in [0.3, 0.4) is 0 Å². The molecule has 100 valence electrons. The topological polar surface area (TPSA) is 22.1 Å². The Kier molecular flexibility index (Phi) is 3.87. The van der Waals surface area contributed by atoms with Crippen LogP contribution >= 0.6 is 23.2 Å². The number of pyridine rings is 1. The summed E-state index contributed by atoms with van der Waals surface area (Å²) >= 11 is 11.5. The molecule has 0 aliphatic rings. The zero-order valence-electron chi connectivity index (χ0n) is 9.21. The molecule has 0 fully saturated rings. The molecule has 0 saturated heterocycles. The summed E-state index contributed by atoms with van der Waals surface area (Å²) in [4.78, 5) is 3.73. The maximum absolute atomic E-state index is 12.4. The second-order valence-electron chi connectivity index (χ2n) is 3.54. The molecule has 1 aromatic heterocycles. The molecule has 2 nitrogen and oxygen atoms in total. The van der Waals surface area contributed by atoms with Crippen molar-refractivity contribution in [3.05, 3.63) is 52.3 Å². The van der Waals surface area contributed by atoms with Gasteiger partial charge in [0.05, 0.1) is 5.56 Å². The summed E-state index contributed by atoms with van der Waals surface area (Å²) in [6.45, 7) is 0. The maximum Gasteiger partial charge on any atom is 0.416 e. The van der Waals surface area contributed by atoms with Crippen molar-refractivity contribution in [2.24, 2.45) is 0 Å². The average molecular weight is 308 g/mol. The van der Waals surface area contributed by atoms with Crippen LogP contribution in [0, 0.1) is 0 Å². The lowest BCUT2D eigenvalue weighted by molar-refractivity contribution is -0.137. The smallest absolute Gasteiger partial charge is 0.416 e. The SMILES string of the molecule is FC(F)(F)c1ccc(Oc2ccnc(Cl)c2Cl)cc1. The van der Waals surface area contributed by atoms with Crippen LogP contribution in [-0.4, -0.2) is 4.98 Å². The fraction of sp³-hybridized carbons (Fsp3) is 0.0833. The minimum atomic E-state index is -4.38. The second kappa shape index (κ2) is 5.27.